The van der Waals surface area contributed by atoms with Gasteiger partial charge in [0.25, 0.3) is 0 Å². The standard InChI is InChI=1S/C18H20N6O2S/c19-27(25,26)16-6-4-14(5-7-16)8-10-21-17-11-18(24-13-23-17)22-12-15-3-1-2-9-20-15/h1-7,9,11,13H,8,10,12H2,(H2,19,25,26)(H2,21,22,23,24). The van der Waals surface area contributed by atoms with Gasteiger partial charge in [0.15, 0.2) is 0 Å². The van der Waals surface area contributed by atoms with Crippen molar-refractivity contribution >= 4 is 21.7 Å². The van der Waals surface area contributed by atoms with Crippen LogP contribution in [0.25, 0.3) is 0 Å². The zero-order valence-electron chi connectivity index (χ0n) is 14.5. The van der Waals surface area contributed by atoms with Crippen molar-refractivity contribution in [3.8, 4) is 0 Å². The lowest BCUT2D eigenvalue weighted by Crippen LogP contribution is -2.12. The molecule has 9 heteroatoms. The Morgan fingerprint density at radius 2 is 1.67 bits per heavy atom. The van der Waals surface area contributed by atoms with E-state index in [1.54, 1.807) is 18.3 Å². The maximum Gasteiger partial charge on any atom is 0.238 e. The molecule has 0 radical (unpaired) electrons. The number of hydrogen-bond acceptors (Lipinski definition) is 7. The highest BCUT2D eigenvalue weighted by Gasteiger charge is 2.06. The minimum Gasteiger partial charge on any atom is -0.370 e. The van der Waals surface area contributed by atoms with Gasteiger partial charge < -0.3 is 10.6 Å². The van der Waals surface area contributed by atoms with Crippen LogP contribution in [0.4, 0.5) is 11.6 Å². The van der Waals surface area contributed by atoms with Gasteiger partial charge >= 0.3 is 0 Å². The summed E-state index contributed by atoms with van der Waals surface area (Å²) in [5, 5.41) is 11.5. The summed E-state index contributed by atoms with van der Waals surface area (Å²) < 4.78 is 22.5. The molecule has 8 nitrogen and oxygen atoms in total. The first-order valence-corrected chi connectivity index (χ1v) is 9.87. The zero-order chi connectivity index (χ0) is 19.1. The smallest absolute Gasteiger partial charge is 0.238 e. The van der Waals surface area contributed by atoms with Crippen LogP contribution in [0.2, 0.25) is 0 Å². The van der Waals surface area contributed by atoms with Crippen LogP contribution >= 0.6 is 0 Å². The largest absolute Gasteiger partial charge is 0.370 e. The highest BCUT2D eigenvalue weighted by molar-refractivity contribution is 7.89. The van der Waals surface area contributed by atoms with Gasteiger partial charge in [0.05, 0.1) is 17.1 Å². The molecule has 3 rings (SSSR count). The maximum atomic E-state index is 11.3. The van der Waals surface area contributed by atoms with E-state index in [1.807, 2.05) is 24.3 Å². The molecule has 0 aliphatic carbocycles. The molecule has 0 saturated heterocycles. The second kappa shape index (κ2) is 8.56. The third-order valence-corrected chi connectivity index (χ3v) is 4.74. The van der Waals surface area contributed by atoms with Crippen molar-refractivity contribution in [1.82, 2.24) is 15.0 Å². The van der Waals surface area contributed by atoms with E-state index < -0.39 is 10.0 Å². The Labute approximate surface area is 157 Å². The predicted octanol–water partition coefficient (Wildman–Crippen LogP) is 1.79. The number of anilines is 2. The Kier molecular flexibility index (Phi) is 5.94. The molecule has 140 valence electrons. The summed E-state index contributed by atoms with van der Waals surface area (Å²) in [5.41, 5.74) is 1.92. The maximum absolute atomic E-state index is 11.3. The number of aromatic nitrogens is 3. The van der Waals surface area contributed by atoms with Crippen molar-refractivity contribution in [2.75, 3.05) is 17.2 Å². The van der Waals surface area contributed by atoms with Crippen LogP contribution in [-0.2, 0) is 23.0 Å². The summed E-state index contributed by atoms with van der Waals surface area (Å²) in [7, 11) is -3.66. The minimum atomic E-state index is -3.66. The highest BCUT2D eigenvalue weighted by Crippen LogP contribution is 2.12. The Bertz CT molecular complexity index is 978. The zero-order valence-corrected chi connectivity index (χ0v) is 15.4. The van der Waals surface area contributed by atoms with Crippen molar-refractivity contribution in [3.63, 3.8) is 0 Å². The summed E-state index contributed by atoms with van der Waals surface area (Å²) in [6.07, 6.45) is 3.95. The molecule has 0 bridgehead atoms. The number of sulfonamides is 1. The SMILES string of the molecule is NS(=O)(=O)c1ccc(CCNc2cc(NCc3ccccn3)ncn2)cc1. The fourth-order valence-electron chi connectivity index (χ4n) is 2.42. The summed E-state index contributed by atoms with van der Waals surface area (Å²) >= 11 is 0. The average Bonchev–Trinajstić information content (AvgIpc) is 2.67. The lowest BCUT2D eigenvalue weighted by atomic mass is 10.1. The van der Waals surface area contributed by atoms with Gasteiger partial charge in [0.1, 0.15) is 18.0 Å². The first-order chi connectivity index (χ1) is 13.0. The normalized spacial score (nSPS) is 11.1. The fraction of sp³-hybridized carbons (Fsp3) is 0.167. The first-order valence-electron chi connectivity index (χ1n) is 8.32. The monoisotopic (exact) mass is 384 g/mol. The van der Waals surface area contributed by atoms with Gasteiger partial charge in [-0.25, -0.2) is 23.5 Å². The number of primary sulfonamides is 1. The topological polar surface area (TPSA) is 123 Å². The molecule has 0 spiro atoms. The molecule has 1 aromatic carbocycles. The molecule has 0 atom stereocenters. The van der Waals surface area contributed by atoms with Gasteiger partial charge in [-0.05, 0) is 36.2 Å². The number of rotatable bonds is 8. The third kappa shape index (κ3) is 5.73. The van der Waals surface area contributed by atoms with E-state index >= 15 is 0 Å². The molecule has 0 aliphatic rings. The molecular formula is C18H20N6O2S. The molecule has 27 heavy (non-hydrogen) atoms. The second-order valence-electron chi connectivity index (χ2n) is 5.83. The van der Waals surface area contributed by atoms with E-state index in [1.165, 1.54) is 18.5 Å². The number of benzene rings is 1. The lowest BCUT2D eigenvalue weighted by molar-refractivity contribution is 0.598. The molecule has 2 heterocycles. The van der Waals surface area contributed by atoms with Crippen molar-refractivity contribution in [2.45, 2.75) is 17.9 Å². The Hall–Kier alpha value is -3.04. The molecule has 4 N–H and O–H groups in total. The van der Waals surface area contributed by atoms with E-state index in [0.717, 1.165) is 11.3 Å². The predicted molar refractivity (Wildman–Crippen MR) is 104 cm³/mol. The minimum absolute atomic E-state index is 0.110. The third-order valence-electron chi connectivity index (χ3n) is 3.82. The van der Waals surface area contributed by atoms with E-state index in [0.29, 0.717) is 31.1 Å². The fourth-order valence-corrected chi connectivity index (χ4v) is 2.93. The van der Waals surface area contributed by atoms with Crippen LogP contribution in [0.1, 0.15) is 11.3 Å². The molecule has 0 unspecified atom stereocenters. The van der Waals surface area contributed by atoms with E-state index in [4.69, 9.17) is 5.14 Å². The molecule has 2 aromatic heterocycles. The second-order valence-corrected chi connectivity index (χ2v) is 7.39. The molecule has 0 saturated carbocycles. The van der Waals surface area contributed by atoms with E-state index in [2.05, 4.69) is 25.6 Å². The quantitative estimate of drug-likeness (QED) is 0.541. The molecular weight excluding hydrogens is 364 g/mol. The number of hydrogen-bond donors (Lipinski definition) is 3. The van der Waals surface area contributed by atoms with Gasteiger partial charge in [-0.2, -0.15) is 0 Å². The van der Waals surface area contributed by atoms with Crippen LogP contribution < -0.4 is 15.8 Å². The van der Waals surface area contributed by atoms with Gasteiger partial charge in [0, 0.05) is 18.8 Å². The van der Waals surface area contributed by atoms with Crippen LogP contribution in [0.5, 0.6) is 0 Å². The van der Waals surface area contributed by atoms with Crippen molar-refractivity contribution < 1.29 is 8.42 Å². The Morgan fingerprint density at radius 1 is 0.926 bits per heavy atom. The van der Waals surface area contributed by atoms with Crippen molar-refractivity contribution in [3.05, 3.63) is 72.3 Å². The molecule has 3 aromatic rings. The molecule has 0 amide bonds. The average molecular weight is 384 g/mol. The molecule has 0 aliphatic heterocycles. The van der Waals surface area contributed by atoms with Gasteiger partial charge in [-0.15, -0.1) is 0 Å². The van der Waals surface area contributed by atoms with E-state index in [-0.39, 0.29) is 4.90 Å². The number of pyridine rings is 1. The van der Waals surface area contributed by atoms with Crippen LogP contribution in [-0.4, -0.2) is 29.9 Å². The molecule has 0 fully saturated rings. The number of nitrogens with two attached hydrogens (primary N) is 1. The number of nitrogens with zero attached hydrogens (tertiary/aromatic N) is 3. The van der Waals surface area contributed by atoms with Crippen molar-refractivity contribution in [2.24, 2.45) is 5.14 Å². The van der Waals surface area contributed by atoms with Gasteiger partial charge in [-0.3, -0.25) is 4.98 Å². The lowest BCUT2D eigenvalue weighted by Gasteiger charge is -2.09. The van der Waals surface area contributed by atoms with Gasteiger partial charge in [0.2, 0.25) is 10.0 Å². The summed E-state index contributed by atoms with van der Waals surface area (Å²) in [6.45, 7) is 1.22. The Morgan fingerprint density at radius 3 is 2.33 bits per heavy atom. The Balaban J connectivity index is 1.51. The first kappa shape index (κ1) is 18.7. The summed E-state index contributed by atoms with van der Waals surface area (Å²) in [4.78, 5) is 12.8. The van der Waals surface area contributed by atoms with Crippen LogP contribution in [0, 0.1) is 0 Å². The summed E-state index contributed by atoms with van der Waals surface area (Å²) in [6, 6.07) is 14.1. The number of nitrogens with one attached hydrogen (secondary N) is 2. The highest BCUT2D eigenvalue weighted by atomic mass is 32.2. The van der Waals surface area contributed by atoms with E-state index in [9.17, 15) is 8.42 Å². The van der Waals surface area contributed by atoms with Gasteiger partial charge in [-0.1, -0.05) is 18.2 Å². The summed E-state index contributed by atoms with van der Waals surface area (Å²) in [5.74, 6) is 1.41. The van der Waals surface area contributed by atoms with Crippen molar-refractivity contribution in [1.29, 1.82) is 0 Å². The van der Waals surface area contributed by atoms with Crippen LogP contribution in [0.15, 0.2) is 66.0 Å². The van der Waals surface area contributed by atoms with Crippen LogP contribution in [0.3, 0.4) is 0 Å².